The Morgan fingerprint density at radius 3 is 2.03 bits per heavy atom. The molecule has 0 bridgehead atoms. The minimum absolute atomic E-state index is 0.439. The molecule has 34 heavy (non-hydrogen) atoms. The maximum Gasteiger partial charge on any atom is 0.207 e. The summed E-state index contributed by atoms with van der Waals surface area (Å²) < 4.78 is 69.7. The number of ether oxygens (including phenoxy) is 1. The molecule has 0 saturated heterocycles. The van der Waals surface area contributed by atoms with E-state index >= 15 is 0 Å². The molecule has 8 heteroatoms. The Morgan fingerprint density at radius 2 is 1.44 bits per heavy atom. The van der Waals surface area contributed by atoms with Crippen molar-refractivity contribution in [1.29, 1.82) is 0 Å². The van der Waals surface area contributed by atoms with Crippen LogP contribution in [0.5, 0.6) is 17.2 Å². The molecular weight excluding hydrogens is 453 g/mol. The summed E-state index contributed by atoms with van der Waals surface area (Å²) in [6.07, 6.45) is 15.1. The van der Waals surface area contributed by atoms with Crippen LogP contribution >= 0.6 is 0 Å². The van der Waals surface area contributed by atoms with Gasteiger partial charge in [-0.15, -0.1) is 0 Å². The van der Waals surface area contributed by atoms with Crippen LogP contribution in [0.4, 0.5) is 22.0 Å². The highest BCUT2D eigenvalue weighted by Crippen LogP contribution is 2.35. The van der Waals surface area contributed by atoms with Crippen LogP contribution in [0.2, 0.25) is 0 Å². The van der Waals surface area contributed by atoms with E-state index in [2.05, 4.69) is 41.8 Å². The third-order valence-electron chi connectivity index (χ3n) is 5.24. The summed E-state index contributed by atoms with van der Waals surface area (Å²) in [5.74, 6) is -13.2. The molecule has 186 valence electrons. The molecule has 0 unspecified atom stereocenters. The monoisotopic (exact) mass is 483 g/mol. The van der Waals surface area contributed by atoms with Gasteiger partial charge >= 0.3 is 0 Å². The molecule has 0 aliphatic carbocycles. The van der Waals surface area contributed by atoms with Crippen LogP contribution < -0.4 is 4.74 Å². The largest absolute Gasteiger partial charge is 0.504 e. The van der Waals surface area contributed by atoms with E-state index in [9.17, 15) is 27.1 Å². The number of benzene rings is 2. The molecule has 2 aromatic carbocycles. The number of aromatic hydroxyl groups is 1. The van der Waals surface area contributed by atoms with Crippen molar-refractivity contribution in [1.82, 2.24) is 4.90 Å². The van der Waals surface area contributed by atoms with E-state index in [1.54, 1.807) is 0 Å². The third-order valence-corrected chi connectivity index (χ3v) is 5.24. The van der Waals surface area contributed by atoms with Crippen molar-refractivity contribution >= 4 is 0 Å². The van der Waals surface area contributed by atoms with Crippen LogP contribution in [-0.4, -0.2) is 23.1 Å². The normalized spacial score (nSPS) is 12.8. The Labute approximate surface area is 197 Å². The van der Waals surface area contributed by atoms with Crippen molar-refractivity contribution < 1.29 is 31.8 Å². The van der Waals surface area contributed by atoms with Gasteiger partial charge in [-0.3, -0.25) is 0 Å². The van der Waals surface area contributed by atoms with Crippen LogP contribution in [0.15, 0.2) is 48.2 Å². The molecular formula is C26H30F5NO2. The zero-order valence-electron chi connectivity index (χ0n) is 19.4. The molecule has 1 aliphatic rings. The molecule has 0 radical (unpaired) electrons. The van der Waals surface area contributed by atoms with Gasteiger partial charge in [0.25, 0.3) is 0 Å². The van der Waals surface area contributed by atoms with Gasteiger partial charge in [0.05, 0.1) is 0 Å². The maximum atomic E-state index is 13.3. The Kier molecular flexibility index (Phi) is 10.9. The van der Waals surface area contributed by atoms with Crippen molar-refractivity contribution in [2.24, 2.45) is 0 Å². The Morgan fingerprint density at radius 1 is 0.853 bits per heavy atom. The van der Waals surface area contributed by atoms with Crippen LogP contribution in [0, 0.1) is 29.1 Å². The van der Waals surface area contributed by atoms with Crippen molar-refractivity contribution in [3.8, 4) is 17.2 Å². The maximum absolute atomic E-state index is 13.3. The van der Waals surface area contributed by atoms with Gasteiger partial charge in [-0.2, -0.15) is 8.78 Å². The minimum Gasteiger partial charge on any atom is -0.504 e. The summed E-state index contributed by atoms with van der Waals surface area (Å²) in [7, 11) is 0. The van der Waals surface area contributed by atoms with Crippen LogP contribution in [0.25, 0.3) is 0 Å². The van der Waals surface area contributed by atoms with Gasteiger partial charge in [0, 0.05) is 13.1 Å². The number of hydrogen-bond acceptors (Lipinski definition) is 3. The SMILES string of the molecule is CCCCCCCCN1C=CC(C)=CC1.Oc1ccccc1Oc1c(F)c(F)c(F)c(F)c1F. The Hall–Kier alpha value is -3.03. The van der Waals surface area contributed by atoms with Crippen LogP contribution in [0.1, 0.15) is 52.4 Å². The summed E-state index contributed by atoms with van der Waals surface area (Å²) in [6, 6.07) is 4.97. The fourth-order valence-corrected chi connectivity index (χ4v) is 3.20. The topological polar surface area (TPSA) is 32.7 Å². The summed E-state index contributed by atoms with van der Waals surface area (Å²) in [6.45, 7) is 6.77. The second-order valence-corrected chi connectivity index (χ2v) is 8.00. The smallest absolute Gasteiger partial charge is 0.207 e. The molecule has 0 spiro atoms. The van der Waals surface area contributed by atoms with Gasteiger partial charge < -0.3 is 14.7 Å². The highest BCUT2D eigenvalue weighted by molar-refractivity contribution is 5.42. The van der Waals surface area contributed by atoms with Gasteiger partial charge in [0.2, 0.25) is 34.8 Å². The summed E-state index contributed by atoms with van der Waals surface area (Å²) in [5, 5.41) is 9.32. The van der Waals surface area contributed by atoms with Crippen molar-refractivity contribution in [2.75, 3.05) is 13.1 Å². The Balaban J connectivity index is 0.000000248. The van der Waals surface area contributed by atoms with Gasteiger partial charge in [-0.25, -0.2) is 13.2 Å². The first kappa shape index (κ1) is 27.2. The predicted molar refractivity (Wildman–Crippen MR) is 122 cm³/mol. The standard InChI is InChI=1S/C14H25N.C12H5F5O2/c1-3-4-5-6-7-8-11-15-12-9-14(2)10-13-15;13-7-8(14)10(16)12(11(17)9(7)15)19-6-4-2-1-3-5(6)18/h9-10,12H,3-8,11,13H2,1-2H3;1-4,18H. The number of hydrogen-bond donors (Lipinski definition) is 1. The van der Waals surface area contributed by atoms with Crippen molar-refractivity contribution in [2.45, 2.75) is 52.4 Å². The lowest BCUT2D eigenvalue weighted by molar-refractivity contribution is 0.324. The number of halogens is 5. The molecule has 0 fully saturated rings. The zero-order chi connectivity index (χ0) is 25.1. The van der Waals surface area contributed by atoms with Gasteiger partial charge in [-0.05, 0) is 37.8 Å². The number of nitrogens with zero attached hydrogens (tertiary/aromatic N) is 1. The molecule has 2 aromatic rings. The zero-order valence-corrected chi connectivity index (χ0v) is 19.4. The summed E-state index contributed by atoms with van der Waals surface area (Å²) >= 11 is 0. The molecule has 3 nitrogen and oxygen atoms in total. The van der Waals surface area contributed by atoms with Crippen molar-refractivity contribution in [3.63, 3.8) is 0 Å². The quantitative estimate of drug-likeness (QED) is 0.170. The highest BCUT2D eigenvalue weighted by atomic mass is 19.2. The predicted octanol–water partition coefficient (Wildman–Crippen LogP) is 8.00. The van der Waals surface area contributed by atoms with Crippen molar-refractivity contribution in [3.05, 3.63) is 77.3 Å². The molecule has 0 saturated carbocycles. The van der Waals surface area contributed by atoms with E-state index in [0.717, 1.165) is 18.7 Å². The van der Waals surface area contributed by atoms with E-state index in [1.807, 2.05) is 0 Å². The summed E-state index contributed by atoms with van der Waals surface area (Å²) in [4.78, 5) is 2.41. The third kappa shape index (κ3) is 7.78. The fourth-order valence-electron chi connectivity index (χ4n) is 3.20. The van der Waals surface area contributed by atoms with E-state index in [4.69, 9.17) is 0 Å². The number of phenols is 1. The number of unbranched alkanes of at least 4 members (excludes halogenated alkanes) is 5. The number of allylic oxidation sites excluding steroid dienone is 2. The first-order valence-electron chi connectivity index (χ1n) is 11.3. The minimum atomic E-state index is -2.28. The first-order valence-corrected chi connectivity index (χ1v) is 11.3. The van der Waals surface area contributed by atoms with E-state index in [-0.39, 0.29) is 0 Å². The molecule has 3 rings (SSSR count). The molecule has 1 heterocycles. The van der Waals surface area contributed by atoms with E-state index in [0.29, 0.717) is 0 Å². The van der Waals surface area contributed by atoms with E-state index < -0.39 is 46.3 Å². The van der Waals surface area contributed by atoms with E-state index in [1.165, 1.54) is 62.8 Å². The van der Waals surface area contributed by atoms with Gasteiger partial charge in [0.1, 0.15) is 0 Å². The molecule has 0 atom stereocenters. The summed E-state index contributed by atoms with van der Waals surface area (Å²) in [5.41, 5.74) is 1.40. The molecule has 1 aliphatic heterocycles. The lowest BCUT2D eigenvalue weighted by atomic mass is 10.1. The highest BCUT2D eigenvalue weighted by Gasteiger charge is 2.27. The van der Waals surface area contributed by atoms with Crippen LogP contribution in [0.3, 0.4) is 0 Å². The first-order chi connectivity index (χ1) is 16.3. The fraction of sp³-hybridized carbons (Fsp3) is 0.385. The average molecular weight is 484 g/mol. The second kappa shape index (κ2) is 13.6. The Bertz CT molecular complexity index is 978. The van der Waals surface area contributed by atoms with Crippen LogP contribution in [-0.2, 0) is 0 Å². The number of rotatable bonds is 9. The molecule has 1 N–H and O–H groups in total. The lowest BCUT2D eigenvalue weighted by Crippen LogP contribution is -2.20. The lowest BCUT2D eigenvalue weighted by Gasteiger charge is -2.21. The second-order valence-electron chi connectivity index (χ2n) is 8.00. The molecule has 0 aromatic heterocycles. The van der Waals surface area contributed by atoms with Gasteiger partial charge in [0.15, 0.2) is 11.5 Å². The molecule has 0 amide bonds. The van der Waals surface area contributed by atoms with Gasteiger partial charge in [-0.1, -0.05) is 62.8 Å². The average Bonchev–Trinajstić information content (AvgIpc) is 2.84. The number of para-hydroxylation sites is 2. The number of phenolic OH excluding ortho intramolecular Hbond substituents is 1.